The quantitative estimate of drug-likeness (QED) is 0.366. The number of nitrogens with zero attached hydrogens (tertiary/aromatic N) is 2. The molecule has 2 amide bonds. The molecule has 3 N–H and O–H groups in total. The van der Waals surface area contributed by atoms with E-state index in [1.165, 1.54) is 36.6 Å². The molecular weight excluding hydrogens is 439 g/mol. The van der Waals surface area contributed by atoms with Gasteiger partial charge in [0.1, 0.15) is 5.82 Å². The smallest absolute Gasteiger partial charge is 0.294 e. The molecule has 3 aromatic rings. The van der Waals surface area contributed by atoms with Crippen molar-refractivity contribution in [3.63, 3.8) is 0 Å². The van der Waals surface area contributed by atoms with Gasteiger partial charge in [0, 0.05) is 37.2 Å². The first-order chi connectivity index (χ1) is 15.9. The van der Waals surface area contributed by atoms with Crippen molar-refractivity contribution >= 4 is 23.3 Å². The van der Waals surface area contributed by atoms with Crippen LogP contribution >= 0.6 is 0 Å². The molecule has 0 saturated carbocycles. The van der Waals surface area contributed by atoms with Gasteiger partial charge in [-0.1, -0.05) is 0 Å². The van der Waals surface area contributed by atoms with Gasteiger partial charge in [0.05, 0.1) is 22.6 Å². The summed E-state index contributed by atoms with van der Waals surface area (Å²) in [4.78, 5) is 43.0. The van der Waals surface area contributed by atoms with E-state index in [-0.39, 0.29) is 17.8 Å². The number of hydrogen-bond acceptors (Lipinski definition) is 5. The van der Waals surface area contributed by atoms with Crippen molar-refractivity contribution in [1.29, 1.82) is 0 Å². The molecule has 0 bridgehead atoms. The maximum absolute atomic E-state index is 13.7. The summed E-state index contributed by atoms with van der Waals surface area (Å²) < 4.78 is 15.2. The van der Waals surface area contributed by atoms with E-state index in [1.54, 1.807) is 45.4 Å². The number of rotatable bonds is 7. The Bertz CT molecular complexity index is 1260. The number of aryl methyl sites for hydroxylation is 1. The summed E-state index contributed by atoms with van der Waals surface area (Å²) in [6.45, 7) is 6.07. The standard InChI is InChI=1S/C25H27FN4O4/c1-14-12-17(6-7-18(14)26)29-23(32)19-15(2)20(22(31)24(33)28-13-25(3,4)34)30(5)21(19)16-8-10-27-11-9-16/h6-12,34H,13H2,1-5H3,(H,28,33)(H,29,32). The van der Waals surface area contributed by atoms with Gasteiger partial charge in [0.2, 0.25) is 0 Å². The number of hydrogen-bond donors (Lipinski definition) is 3. The molecule has 1 aromatic carbocycles. The summed E-state index contributed by atoms with van der Waals surface area (Å²) in [6.07, 6.45) is 3.11. The Balaban J connectivity index is 2.07. The van der Waals surface area contributed by atoms with Crippen LogP contribution in [0.15, 0.2) is 42.7 Å². The van der Waals surface area contributed by atoms with Crippen molar-refractivity contribution in [2.45, 2.75) is 33.3 Å². The predicted octanol–water partition coefficient (Wildman–Crippen LogP) is 3.17. The van der Waals surface area contributed by atoms with E-state index in [0.717, 1.165) is 0 Å². The summed E-state index contributed by atoms with van der Waals surface area (Å²) in [5, 5.41) is 15.0. The SMILES string of the molecule is Cc1cc(NC(=O)c2c(C)c(C(=O)C(=O)NCC(C)(C)O)n(C)c2-c2ccncc2)ccc1F. The summed E-state index contributed by atoms with van der Waals surface area (Å²) >= 11 is 0. The summed E-state index contributed by atoms with van der Waals surface area (Å²) in [5.41, 5.74) is 1.18. The van der Waals surface area contributed by atoms with Crippen molar-refractivity contribution < 1.29 is 23.9 Å². The third kappa shape index (κ3) is 5.20. The number of carbonyl (C=O) groups is 3. The number of halogens is 1. The number of amides is 2. The van der Waals surface area contributed by atoms with Crippen LogP contribution in [0.4, 0.5) is 10.1 Å². The maximum atomic E-state index is 13.7. The number of anilines is 1. The molecule has 0 aliphatic rings. The fourth-order valence-electron chi connectivity index (χ4n) is 3.68. The fraction of sp³-hybridized carbons (Fsp3) is 0.280. The van der Waals surface area contributed by atoms with Crippen LogP contribution in [-0.4, -0.2) is 44.4 Å². The lowest BCUT2D eigenvalue weighted by Gasteiger charge is -2.17. The molecule has 8 nitrogen and oxygen atoms in total. The number of carbonyl (C=O) groups excluding carboxylic acids is 3. The van der Waals surface area contributed by atoms with E-state index >= 15 is 0 Å². The van der Waals surface area contributed by atoms with Gasteiger partial charge < -0.3 is 20.3 Å². The van der Waals surface area contributed by atoms with Crippen molar-refractivity contribution in [1.82, 2.24) is 14.9 Å². The van der Waals surface area contributed by atoms with Crippen LogP contribution in [0.3, 0.4) is 0 Å². The molecule has 0 fully saturated rings. The van der Waals surface area contributed by atoms with Gasteiger partial charge in [-0.3, -0.25) is 19.4 Å². The normalized spacial score (nSPS) is 11.3. The number of pyridine rings is 1. The Labute approximate surface area is 196 Å². The van der Waals surface area contributed by atoms with Crippen LogP contribution in [0.1, 0.15) is 45.8 Å². The van der Waals surface area contributed by atoms with E-state index in [9.17, 15) is 23.9 Å². The minimum absolute atomic E-state index is 0.0421. The van der Waals surface area contributed by atoms with Crippen molar-refractivity contribution in [3.05, 3.63) is 70.9 Å². The lowest BCUT2D eigenvalue weighted by atomic mass is 10.0. The van der Waals surface area contributed by atoms with Gasteiger partial charge in [-0.15, -0.1) is 0 Å². The summed E-state index contributed by atoms with van der Waals surface area (Å²) in [6, 6.07) is 7.59. The zero-order valence-corrected chi connectivity index (χ0v) is 19.7. The molecule has 0 atom stereocenters. The molecule has 0 aliphatic carbocycles. The van der Waals surface area contributed by atoms with E-state index in [4.69, 9.17) is 0 Å². The average molecular weight is 467 g/mol. The van der Waals surface area contributed by atoms with E-state index in [1.807, 2.05) is 0 Å². The highest BCUT2D eigenvalue weighted by atomic mass is 19.1. The molecule has 3 rings (SSSR count). The molecule has 0 radical (unpaired) electrons. The zero-order chi connectivity index (χ0) is 25.2. The van der Waals surface area contributed by atoms with Crippen molar-refractivity contribution in [3.8, 4) is 11.3 Å². The van der Waals surface area contributed by atoms with Crippen LogP contribution in [0.25, 0.3) is 11.3 Å². The van der Waals surface area contributed by atoms with Gasteiger partial charge in [0.15, 0.2) is 0 Å². The van der Waals surface area contributed by atoms with Crippen LogP contribution in [0.5, 0.6) is 0 Å². The molecule has 0 aliphatic heterocycles. The summed E-state index contributed by atoms with van der Waals surface area (Å²) in [7, 11) is 1.60. The highest BCUT2D eigenvalue weighted by Gasteiger charge is 2.31. The second kappa shape index (κ2) is 9.56. The van der Waals surface area contributed by atoms with Crippen molar-refractivity contribution in [2.75, 3.05) is 11.9 Å². The minimum Gasteiger partial charge on any atom is -0.389 e. The number of aliphatic hydroxyl groups is 1. The zero-order valence-electron chi connectivity index (χ0n) is 19.7. The average Bonchev–Trinajstić information content (AvgIpc) is 3.04. The van der Waals surface area contributed by atoms with Crippen LogP contribution in [0, 0.1) is 19.7 Å². The lowest BCUT2D eigenvalue weighted by Crippen LogP contribution is -2.41. The van der Waals surface area contributed by atoms with Gasteiger partial charge in [-0.25, -0.2) is 4.39 Å². The fourth-order valence-corrected chi connectivity index (χ4v) is 3.68. The Morgan fingerprint density at radius 3 is 2.35 bits per heavy atom. The Kier molecular flexibility index (Phi) is 6.97. The Morgan fingerprint density at radius 2 is 1.76 bits per heavy atom. The number of ketones is 1. The lowest BCUT2D eigenvalue weighted by molar-refractivity contribution is -0.118. The Morgan fingerprint density at radius 1 is 1.12 bits per heavy atom. The van der Waals surface area contributed by atoms with Crippen LogP contribution in [-0.2, 0) is 11.8 Å². The highest BCUT2D eigenvalue weighted by Crippen LogP contribution is 2.32. The first kappa shape index (κ1) is 24.8. The number of nitrogens with one attached hydrogen (secondary N) is 2. The van der Waals surface area contributed by atoms with Gasteiger partial charge in [-0.2, -0.15) is 0 Å². The second-order valence-corrected chi connectivity index (χ2v) is 8.73. The van der Waals surface area contributed by atoms with Crippen LogP contribution < -0.4 is 10.6 Å². The molecule has 0 unspecified atom stereocenters. The van der Waals surface area contributed by atoms with Gasteiger partial charge >= 0.3 is 0 Å². The minimum atomic E-state index is -1.19. The third-order valence-corrected chi connectivity index (χ3v) is 5.34. The Hall–Kier alpha value is -3.85. The molecular formula is C25H27FN4O4. The molecule has 9 heteroatoms. The van der Waals surface area contributed by atoms with E-state index < -0.39 is 29.0 Å². The third-order valence-electron chi connectivity index (χ3n) is 5.34. The molecule has 34 heavy (non-hydrogen) atoms. The second-order valence-electron chi connectivity index (χ2n) is 8.73. The number of Topliss-reactive ketones (excluding diaryl/α,β-unsaturated/α-hetero) is 1. The molecule has 2 aromatic heterocycles. The largest absolute Gasteiger partial charge is 0.389 e. The molecule has 2 heterocycles. The van der Waals surface area contributed by atoms with Gasteiger partial charge in [-0.05, 0) is 69.2 Å². The van der Waals surface area contributed by atoms with E-state index in [0.29, 0.717) is 28.1 Å². The first-order valence-corrected chi connectivity index (χ1v) is 10.6. The van der Waals surface area contributed by atoms with Crippen molar-refractivity contribution in [2.24, 2.45) is 7.05 Å². The number of aromatic nitrogens is 2. The van der Waals surface area contributed by atoms with Crippen LogP contribution in [0.2, 0.25) is 0 Å². The van der Waals surface area contributed by atoms with E-state index in [2.05, 4.69) is 15.6 Å². The molecule has 0 saturated heterocycles. The predicted molar refractivity (Wildman–Crippen MR) is 126 cm³/mol. The molecule has 0 spiro atoms. The van der Waals surface area contributed by atoms with Gasteiger partial charge in [0.25, 0.3) is 17.6 Å². The molecule has 178 valence electrons. The maximum Gasteiger partial charge on any atom is 0.294 e. The highest BCUT2D eigenvalue weighted by molar-refractivity contribution is 6.43. The number of benzene rings is 1. The first-order valence-electron chi connectivity index (χ1n) is 10.6. The topological polar surface area (TPSA) is 113 Å². The monoisotopic (exact) mass is 466 g/mol. The summed E-state index contributed by atoms with van der Waals surface area (Å²) in [5.74, 6) is -2.64.